The van der Waals surface area contributed by atoms with E-state index in [1.807, 2.05) is 6.92 Å². The van der Waals surface area contributed by atoms with Gasteiger partial charge in [-0.15, -0.1) is 0 Å². The van der Waals surface area contributed by atoms with Crippen LogP contribution >= 0.6 is 0 Å². The predicted octanol–water partition coefficient (Wildman–Crippen LogP) is 3.78. The summed E-state index contributed by atoms with van der Waals surface area (Å²) in [5, 5.41) is 2.21. The van der Waals surface area contributed by atoms with Crippen molar-refractivity contribution in [2.75, 3.05) is 12.4 Å². The highest BCUT2D eigenvalue weighted by Crippen LogP contribution is 2.22. The van der Waals surface area contributed by atoms with Crippen molar-refractivity contribution >= 4 is 21.6 Å². The van der Waals surface area contributed by atoms with Gasteiger partial charge >= 0.3 is 0 Å². The Hall–Kier alpha value is -2.39. The zero-order valence-corrected chi connectivity index (χ0v) is 15.8. The molecule has 1 N–H and O–H groups in total. The van der Waals surface area contributed by atoms with Gasteiger partial charge in [0.25, 0.3) is 5.91 Å². The number of carbonyl (C=O) groups is 1. The molecule has 0 aliphatic heterocycles. The number of halogens is 3. The second-order valence-corrected chi connectivity index (χ2v) is 8.00. The minimum Gasteiger partial charge on any atom is -0.322 e. The van der Waals surface area contributed by atoms with E-state index < -0.39 is 38.9 Å². The average Bonchev–Trinajstić information content (AvgIpc) is 2.63. The number of nitrogens with zero attached hydrogens (tertiary/aromatic N) is 1. The lowest BCUT2D eigenvalue weighted by atomic mass is 10.2. The zero-order chi connectivity index (χ0) is 20.4. The van der Waals surface area contributed by atoms with Gasteiger partial charge in [0.05, 0.1) is 10.5 Å². The van der Waals surface area contributed by atoms with E-state index >= 15 is 0 Å². The highest BCUT2D eigenvalue weighted by Gasteiger charge is 2.26. The Bertz CT molecular complexity index is 964. The number of sulfonamides is 1. The van der Waals surface area contributed by atoms with Crippen molar-refractivity contribution in [1.29, 1.82) is 0 Å². The van der Waals surface area contributed by atoms with Gasteiger partial charge in [-0.05, 0) is 43.7 Å². The van der Waals surface area contributed by atoms with Crippen LogP contribution in [0.5, 0.6) is 0 Å². The first-order valence-electron chi connectivity index (χ1n) is 8.12. The Morgan fingerprint density at radius 2 is 1.70 bits per heavy atom. The lowest BCUT2D eigenvalue weighted by Gasteiger charge is -2.23. The maximum absolute atomic E-state index is 14.1. The molecule has 2 aromatic carbocycles. The van der Waals surface area contributed by atoms with Crippen LogP contribution in [-0.4, -0.2) is 31.7 Å². The topological polar surface area (TPSA) is 66.5 Å². The molecule has 1 atom stereocenters. The molecular formula is C18H19F3N2O3S. The number of nitrogens with one attached hydrogen (secondary N) is 1. The third-order valence-corrected chi connectivity index (χ3v) is 6.22. The molecule has 0 bridgehead atoms. The SMILES string of the molecule is CC[C@H](C)N(C)S(=O)(=O)c1ccc(F)c(C(=O)Nc2ccc(F)c(F)c2)c1. The normalized spacial score (nSPS) is 12.9. The Morgan fingerprint density at radius 1 is 1.07 bits per heavy atom. The van der Waals surface area contributed by atoms with E-state index in [2.05, 4.69) is 5.32 Å². The van der Waals surface area contributed by atoms with Gasteiger partial charge in [0.15, 0.2) is 11.6 Å². The van der Waals surface area contributed by atoms with Crippen molar-refractivity contribution in [3.63, 3.8) is 0 Å². The first kappa shape index (κ1) is 20.9. The largest absolute Gasteiger partial charge is 0.322 e. The van der Waals surface area contributed by atoms with Gasteiger partial charge in [-0.2, -0.15) is 4.31 Å². The van der Waals surface area contributed by atoms with Crippen LogP contribution in [0.15, 0.2) is 41.3 Å². The molecule has 9 heteroatoms. The van der Waals surface area contributed by atoms with Gasteiger partial charge in [-0.3, -0.25) is 4.79 Å². The molecule has 0 aromatic heterocycles. The maximum Gasteiger partial charge on any atom is 0.258 e. The third-order valence-electron chi connectivity index (χ3n) is 4.25. The molecule has 0 aliphatic rings. The van der Waals surface area contributed by atoms with Crippen LogP contribution in [0.3, 0.4) is 0 Å². The van der Waals surface area contributed by atoms with Gasteiger partial charge in [-0.1, -0.05) is 6.92 Å². The summed E-state index contributed by atoms with van der Waals surface area (Å²) in [7, 11) is -2.53. The van der Waals surface area contributed by atoms with Gasteiger partial charge in [0.2, 0.25) is 10.0 Å². The quantitative estimate of drug-likeness (QED) is 0.803. The minimum absolute atomic E-state index is 0.0942. The number of rotatable bonds is 6. The Morgan fingerprint density at radius 3 is 2.30 bits per heavy atom. The van der Waals surface area contributed by atoms with Gasteiger partial charge in [-0.25, -0.2) is 21.6 Å². The maximum atomic E-state index is 14.1. The van der Waals surface area contributed by atoms with Crippen LogP contribution in [-0.2, 0) is 10.0 Å². The van der Waals surface area contributed by atoms with E-state index in [1.165, 1.54) is 7.05 Å². The van der Waals surface area contributed by atoms with E-state index in [0.29, 0.717) is 6.42 Å². The molecule has 0 saturated heterocycles. The lowest BCUT2D eigenvalue weighted by molar-refractivity contribution is 0.102. The average molecular weight is 400 g/mol. The second kappa shape index (κ2) is 8.10. The first-order valence-corrected chi connectivity index (χ1v) is 9.56. The van der Waals surface area contributed by atoms with Crippen LogP contribution in [0.25, 0.3) is 0 Å². The molecule has 27 heavy (non-hydrogen) atoms. The van der Waals surface area contributed by atoms with E-state index in [1.54, 1.807) is 6.92 Å². The highest BCUT2D eigenvalue weighted by molar-refractivity contribution is 7.89. The fourth-order valence-electron chi connectivity index (χ4n) is 2.27. The zero-order valence-electron chi connectivity index (χ0n) is 15.0. The van der Waals surface area contributed by atoms with Crippen molar-refractivity contribution in [2.45, 2.75) is 31.2 Å². The molecule has 0 aliphatic carbocycles. The lowest BCUT2D eigenvalue weighted by Crippen LogP contribution is -2.34. The number of anilines is 1. The Balaban J connectivity index is 2.36. The van der Waals surface area contributed by atoms with E-state index in [-0.39, 0.29) is 16.6 Å². The molecule has 0 saturated carbocycles. The molecular weight excluding hydrogens is 381 g/mol. The van der Waals surface area contributed by atoms with Crippen LogP contribution < -0.4 is 5.32 Å². The summed E-state index contributed by atoms with van der Waals surface area (Å²) in [5.41, 5.74) is -0.623. The summed E-state index contributed by atoms with van der Waals surface area (Å²) < 4.78 is 66.7. The van der Waals surface area contributed by atoms with E-state index in [0.717, 1.165) is 40.7 Å². The summed E-state index contributed by atoms with van der Waals surface area (Å²) >= 11 is 0. The summed E-state index contributed by atoms with van der Waals surface area (Å²) in [5.74, 6) is -4.21. The highest BCUT2D eigenvalue weighted by atomic mass is 32.2. The van der Waals surface area contributed by atoms with Crippen molar-refractivity contribution < 1.29 is 26.4 Å². The van der Waals surface area contributed by atoms with Crippen LogP contribution in [0.2, 0.25) is 0 Å². The Labute approximate surface area is 155 Å². The third kappa shape index (κ3) is 4.48. The standard InChI is InChI=1S/C18H19F3N2O3S/c1-4-11(2)23(3)27(25,26)13-6-8-15(19)14(10-13)18(24)22-12-5-7-16(20)17(21)9-12/h5-11H,4H2,1-3H3,(H,22,24)/t11-/m0/s1. The fourth-order valence-corrected chi connectivity index (χ4v) is 3.73. The second-order valence-electron chi connectivity index (χ2n) is 6.00. The molecule has 0 heterocycles. The van der Waals surface area contributed by atoms with Crippen LogP contribution in [0.4, 0.5) is 18.9 Å². The van der Waals surface area contributed by atoms with Crippen molar-refractivity contribution in [1.82, 2.24) is 4.31 Å². The van der Waals surface area contributed by atoms with Crippen molar-refractivity contribution in [3.8, 4) is 0 Å². The number of hydrogen-bond donors (Lipinski definition) is 1. The molecule has 2 aromatic rings. The summed E-state index contributed by atoms with van der Waals surface area (Å²) in [6, 6.07) is 5.21. The molecule has 0 fully saturated rings. The summed E-state index contributed by atoms with van der Waals surface area (Å²) in [6.45, 7) is 3.54. The van der Waals surface area contributed by atoms with Crippen LogP contribution in [0.1, 0.15) is 30.6 Å². The molecule has 0 radical (unpaired) electrons. The fraction of sp³-hybridized carbons (Fsp3) is 0.278. The molecule has 1 amide bonds. The van der Waals surface area contributed by atoms with E-state index in [9.17, 15) is 26.4 Å². The molecule has 0 spiro atoms. The van der Waals surface area contributed by atoms with Crippen molar-refractivity contribution in [3.05, 3.63) is 59.4 Å². The monoisotopic (exact) mass is 400 g/mol. The minimum atomic E-state index is -3.93. The van der Waals surface area contributed by atoms with Gasteiger partial charge in [0, 0.05) is 24.8 Å². The predicted molar refractivity (Wildman–Crippen MR) is 95.4 cm³/mol. The first-order chi connectivity index (χ1) is 12.6. The van der Waals surface area contributed by atoms with E-state index in [4.69, 9.17) is 0 Å². The molecule has 146 valence electrons. The van der Waals surface area contributed by atoms with Crippen LogP contribution in [0, 0.1) is 17.5 Å². The number of hydrogen-bond acceptors (Lipinski definition) is 3. The molecule has 5 nitrogen and oxygen atoms in total. The van der Waals surface area contributed by atoms with Gasteiger partial charge < -0.3 is 5.32 Å². The Kier molecular flexibility index (Phi) is 6.27. The molecule has 0 unspecified atom stereocenters. The number of carbonyl (C=O) groups excluding carboxylic acids is 1. The number of benzene rings is 2. The smallest absolute Gasteiger partial charge is 0.258 e. The summed E-state index contributed by atoms with van der Waals surface area (Å²) in [6.07, 6.45) is 0.570. The number of amides is 1. The van der Waals surface area contributed by atoms with Gasteiger partial charge in [0.1, 0.15) is 5.82 Å². The summed E-state index contributed by atoms with van der Waals surface area (Å²) in [4.78, 5) is 12.0. The van der Waals surface area contributed by atoms with Crippen molar-refractivity contribution in [2.24, 2.45) is 0 Å². The molecule has 2 rings (SSSR count).